The molecule has 0 amide bonds. The van der Waals surface area contributed by atoms with Crippen LogP contribution in [0.25, 0.3) is 10.6 Å². The number of thiazole rings is 1. The van der Waals surface area contributed by atoms with Gasteiger partial charge in [0.1, 0.15) is 5.82 Å². The van der Waals surface area contributed by atoms with Gasteiger partial charge in [0.05, 0.1) is 28.9 Å². The summed E-state index contributed by atoms with van der Waals surface area (Å²) in [5, 5.41) is 4.18. The minimum Gasteiger partial charge on any atom is -0.383 e. The van der Waals surface area contributed by atoms with Crippen molar-refractivity contribution in [2.75, 3.05) is 13.7 Å². The Morgan fingerprint density at radius 3 is 2.65 bits per heavy atom. The Hall–Kier alpha value is -1.76. The highest BCUT2D eigenvalue weighted by Crippen LogP contribution is 2.28. The molecular weight excluding hydrogens is 331 g/mol. The molecule has 120 valence electrons. The molecule has 23 heavy (non-hydrogen) atoms. The van der Waals surface area contributed by atoms with E-state index in [4.69, 9.17) is 4.74 Å². The van der Waals surface area contributed by atoms with Gasteiger partial charge in [-0.3, -0.25) is 0 Å². The van der Waals surface area contributed by atoms with Crippen molar-refractivity contribution >= 4 is 28.4 Å². The van der Waals surface area contributed by atoms with Crippen molar-refractivity contribution in [1.29, 1.82) is 0 Å². The normalized spacial score (nSPS) is 13.4. The molecule has 1 atom stereocenters. The Balaban J connectivity index is 2.11. The lowest BCUT2D eigenvalue weighted by molar-refractivity contribution is 0.162. The van der Waals surface area contributed by atoms with Crippen LogP contribution in [0.15, 0.2) is 52.2 Å². The van der Waals surface area contributed by atoms with Gasteiger partial charge in [-0.05, 0) is 42.6 Å². The highest BCUT2D eigenvalue weighted by molar-refractivity contribution is 7.14. The van der Waals surface area contributed by atoms with Gasteiger partial charge in [0, 0.05) is 12.5 Å². The van der Waals surface area contributed by atoms with Crippen molar-refractivity contribution in [3.63, 3.8) is 0 Å². The smallest absolute Gasteiger partial charge is 0.190 e. The Kier molecular flexibility index (Phi) is 5.05. The van der Waals surface area contributed by atoms with E-state index in [2.05, 4.69) is 33.3 Å². The van der Waals surface area contributed by atoms with Crippen LogP contribution < -0.4 is 4.80 Å². The quantitative estimate of drug-likeness (QED) is 0.647. The minimum absolute atomic E-state index is 0.155. The largest absolute Gasteiger partial charge is 0.383 e. The highest BCUT2D eigenvalue weighted by atomic mass is 32.1. The van der Waals surface area contributed by atoms with Gasteiger partial charge < -0.3 is 9.30 Å². The first-order valence-electron chi connectivity index (χ1n) is 7.22. The Morgan fingerprint density at radius 2 is 2.00 bits per heavy atom. The molecule has 0 radical (unpaired) electrons. The van der Waals surface area contributed by atoms with Gasteiger partial charge in [-0.1, -0.05) is 6.07 Å². The summed E-state index contributed by atoms with van der Waals surface area (Å²) in [6.07, 6.45) is 0. The fourth-order valence-electron chi connectivity index (χ4n) is 2.37. The number of ether oxygens (including phenoxy) is 1. The van der Waals surface area contributed by atoms with Crippen LogP contribution >= 0.6 is 22.7 Å². The van der Waals surface area contributed by atoms with Crippen LogP contribution in [0.3, 0.4) is 0 Å². The van der Waals surface area contributed by atoms with Crippen molar-refractivity contribution < 1.29 is 9.13 Å². The van der Waals surface area contributed by atoms with Gasteiger partial charge in [-0.2, -0.15) is 0 Å². The standard InChI is InChI=1S/C17H17FN2OS2/c1-12(10-21-2)20-15(16-4-3-9-22-16)11-23-17(20)19-14-7-5-13(18)6-8-14/h3-9,11-12H,10H2,1-2H3/t12-/m0/s1. The Labute approximate surface area is 142 Å². The van der Waals surface area contributed by atoms with Gasteiger partial charge in [-0.15, -0.1) is 22.7 Å². The van der Waals surface area contributed by atoms with Crippen LogP contribution in [0, 0.1) is 5.82 Å². The van der Waals surface area contributed by atoms with E-state index in [0.29, 0.717) is 6.61 Å². The number of methoxy groups -OCH3 is 1. The van der Waals surface area contributed by atoms with Crippen molar-refractivity contribution in [2.24, 2.45) is 4.99 Å². The monoisotopic (exact) mass is 348 g/mol. The van der Waals surface area contributed by atoms with Crippen LogP contribution in [0.2, 0.25) is 0 Å². The zero-order valence-electron chi connectivity index (χ0n) is 12.9. The van der Waals surface area contributed by atoms with E-state index in [-0.39, 0.29) is 11.9 Å². The van der Waals surface area contributed by atoms with Crippen molar-refractivity contribution in [1.82, 2.24) is 4.57 Å². The second kappa shape index (κ2) is 7.21. The summed E-state index contributed by atoms with van der Waals surface area (Å²) >= 11 is 3.28. The van der Waals surface area contributed by atoms with E-state index in [9.17, 15) is 4.39 Å². The lowest BCUT2D eigenvalue weighted by atomic mass is 10.3. The van der Waals surface area contributed by atoms with E-state index >= 15 is 0 Å². The molecule has 2 heterocycles. The number of nitrogens with zero attached hydrogens (tertiary/aromatic N) is 2. The van der Waals surface area contributed by atoms with Gasteiger partial charge in [0.25, 0.3) is 0 Å². The van der Waals surface area contributed by atoms with E-state index in [1.54, 1.807) is 41.9 Å². The first kappa shape index (κ1) is 16.1. The molecule has 0 spiro atoms. The Morgan fingerprint density at radius 1 is 1.22 bits per heavy atom. The van der Waals surface area contributed by atoms with E-state index in [0.717, 1.165) is 16.2 Å². The molecule has 6 heteroatoms. The molecule has 2 aromatic heterocycles. The van der Waals surface area contributed by atoms with Crippen LogP contribution in [0.4, 0.5) is 10.1 Å². The molecular formula is C17H17FN2OS2. The maximum atomic E-state index is 13.1. The lowest BCUT2D eigenvalue weighted by Crippen LogP contribution is -2.22. The molecule has 0 aliphatic heterocycles. The number of hydrogen-bond acceptors (Lipinski definition) is 4. The van der Waals surface area contributed by atoms with Crippen molar-refractivity contribution in [3.8, 4) is 10.6 Å². The molecule has 0 fully saturated rings. The summed E-state index contributed by atoms with van der Waals surface area (Å²) in [4.78, 5) is 6.76. The summed E-state index contributed by atoms with van der Waals surface area (Å²) in [6.45, 7) is 2.71. The number of rotatable bonds is 5. The van der Waals surface area contributed by atoms with Crippen LogP contribution in [-0.4, -0.2) is 18.3 Å². The highest BCUT2D eigenvalue weighted by Gasteiger charge is 2.14. The maximum absolute atomic E-state index is 13.1. The van der Waals surface area contributed by atoms with Gasteiger partial charge >= 0.3 is 0 Å². The summed E-state index contributed by atoms with van der Waals surface area (Å²) < 4.78 is 20.6. The van der Waals surface area contributed by atoms with Gasteiger partial charge in [0.2, 0.25) is 0 Å². The SMILES string of the molecule is COC[C@H](C)n1c(-c2cccs2)csc1=Nc1ccc(F)cc1. The summed E-state index contributed by atoms with van der Waals surface area (Å²) in [5.41, 5.74) is 1.87. The fourth-order valence-corrected chi connectivity index (χ4v) is 4.20. The summed E-state index contributed by atoms with van der Waals surface area (Å²) in [6, 6.07) is 10.5. The molecule has 0 bridgehead atoms. The number of aromatic nitrogens is 1. The molecule has 0 saturated heterocycles. The predicted molar refractivity (Wildman–Crippen MR) is 93.8 cm³/mol. The number of benzene rings is 1. The van der Waals surface area contributed by atoms with Gasteiger partial charge in [0.15, 0.2) is 4.80 Å². The number of hydrogen-bond donors (Lipinski definition) is 0. The first-order valence-corrected chi connectivity index (χ1v) is 8.98. The summed E-state index contributed by atoms with van der Waals surface area (Å²) in [7, 11) is 1.70. The van der Waals surface area contributed by atoms with E-state index < -0.39 is 0 Å². The molecule has 0 N–H and O–H groups in total. The zero-order chi connectivity index (χ0) is 16.2. The average Bonchev–Trinajstić information content (AvgIpc) is 3.19. The number of halogens is 1. The molecule has 3 nitrogen and oxygen atoms in total. The molecule has 3 rings (SSSR count). The maximum Gasteiger partial charge on any atom is 0.190 e. The predicted octanol–water partition coefficient (Wildman–Crippen LogP) is 4.86. The Bertz CT molecular complexity index is 819. The minimum atomic E-state index is -0.255. The average molecular weight is 348 g/mol. The molecule has 0 aliphatic rings. The van der Waals surface area contributed by atoms with Crippen LogP contribution in [0.1, 0.15) is 13.0 Å². The molecule has 0 aliphatic carbocycles. The molecule has 0 unspecified atom stereocenters. The van der Waals surface area contributed by atoms with Crippen LogP contribution in [-0.2, 0) is 4.74 Å². The number of thiophene rings is 1. The van der Waals surface area contributed by atoms with Crippen molar-refractivity contribution in [2.45, 2.75) is 13.0 Å². The molecule has 3 aromatic rings. The molecule has 0 saturated carbocycles. The third-order valence-corrected chi connectivity index (χ3v) is 5.15. The van der Waals surface area contributed by atoms with Gasteiger partial charge in [-0.25, -0.2) is 9.38 Å². The fraction of sp³-hybridized carbons (Fsp3) is 0.235. The zero-order valence-corrected chi connectivity index (χ0v) is 14.5. The topological polar surface area (TPSA) is 26.5 Å². The third kappa shape index (κ3) is 3.60. The van der Waals surface area contributed by atoms with E-state index in [1.807, 2.05) is 6.07 Å². The van der Waals surface area contributed by atoms with E-state index in [1.165, 1.54) is 17.0 Å². The van der Waals surface area contributed by atoms with Crippen LogP contribution in [0.5, 0.6) is 0 Å². The second-order valence-electron chi connectivity index (χ2n) is 5.14. The lowest BCUT2D eigenvalue weighted by Gasteiger charge is -2.15. The van der Waals surface area contributed by atoms with Crippen molar-refractivity contribution in [3.05, 3.63) is 57.8 Å². The second-order valence-corrected chi connectivity index (χ2v) is 6.93. The summed E-state index contributed by atoms with van der Waals surface area (Å²) in [5.74, 6) is -0.255. The molecule has 1 aromatic carbocycles. The first-order chi connectivity index (χ1) is 11.2. The third-order valence-electron chi connectivity index (χ3n) is 3.42.